The van der Waals surface area contributed by atoms with Crippen LogP contribution in [0, 0.1) is 0 Å². The maximum atomic E-state index is 13.5. The molecule has 3 rings (SSSR count). The Hall–Kier alpha value is -2.25. The topological polar surface area (TPSA) is 307 Å². The third-order valence-electron chi connectivity index (χ3n) is 24.6. The number of hydrogen-bond donors (Lipinski definition) is 12. The van der Waals surface area contributed by atoms with E-state index in [9.17, 15) is 61.0 Å². The van der Waals surface area contributed by atoms with E-state index in [4.69, 9.17) is 28.4 Å². The molecule has 0 aromatic heterocycles. The van der Waals surface area contributed by atoms with Crippen LogP contribution in [0.5, 0.6) is 0 Å². The number of aliphatic hydroxyl groups excluding tert-OH is 11. The van der Waals surface area contributed by atoms with Gasteiger partial charge in [0.1, 0.15) is 73.2 Å². The highest BCUT2D eigenvalue weighted by Crippen LogP contribution is 2.34. The molecule has 0 saturated carbocycles. The molecule has 0 aromatic rings. The minimum absolute atomic E-state index is 0.240. The molecule has 0 aliphatic carbocycles. The van der Waals surface area contributed by atoms with Crippen LogP contribution in [0.15, 0.2) is 48.6 Å². The van der Waals surface area contributed by atoms with E-state index in [0.29, 0.717) is 12.8 Å². The van der Waals surface area contributed by atoms with E-state index in [1.807, 2.05) is 6.08 Å². The number of hydrogen-bond acceptors (Lipinski definition) is 18. The third kappa shape index (κ3) is 55.0. The fourth-order valence-electron chi connectivity index (χ4n) is 16.8. The second-order valence-electron chi connectivity index (χ2n) is 35.2. The van der Waals surface area contributed by atoms with Crippen molar-refractivity contribution in [3.05, 3.63) is 48.6 Å². The molecule has 3 heterocycles. The second kappa shape index (κ2) is 77.3. The fourth-order valence-corrected chi connectivity index (χ4v) is 16.8. The van der Waals surface area contributed by atoms with E-state index in [0.717, 1.165) is 44.9 Å². The van der Waals surface area contributed by atoms with E-state index < -0.39 is 124 Å². The van der Waals surface area contributed by atoms with Gasteiger partial charge in [0.05, 0.1) is 38.6 Å². The summed E-state index contributed by atoms with van der Waals surface area (Å²) in [5.74, 6) is -0.276. The summed E-state index contributed by atoms with van der Waals surface area (Å²) >= 11 is 0. The van der Waals surface area contributed by atoms with Gasteiger partial charge in [0.2, 0.25) is 5.91 Å². The Balaban J connectivity index is 1.29. The van der Waals surface area contributed by atoms with Crippen molar-refractivity contribution in [1.29, 1.82) is 0 Å². The van der Waals surface area contributed by atoms with Crippen molar-refractivity contribution in [2.75, 3.05) is 26.4 Å². The van der Waals surface area contributed by atoms with Gasteiger partial charge in [-0.05, 0) is 64.2 Å². The number of rotatable bonds is 82. The number of carbonyl (C=O) groups excluding carboxylic acids is 1. The highest BCUT2D eigenvalue weighted by molar-refractivity contribution is 5.76. The molecule has 17 atom stereocenters. The van der Waals surface area contributed by atoms with Crippen molar-refractivity contribution in [2.45, 2.75) is 542 Å². The number of amides is 1. The van der Waals surface area contributed by atoms with Gasteiger partial charge in [0, 0.05) is 6.42 Å². The molecule has 3 aliphatic rings. The van der Waals surface area contributed by atoms with E-state index >= 15 is 0 Å². The Morgan fingerprint density at radius 3 is 0.906 bits per heavy atom. The Kier molecular flexibility index (Phi) is 72.0. The summed E-state index contributed by atoms with van der Waals surface area (Å²) in [6.45, 7) is 1.78. The normalized spacial score (nSPS) is 24.5. The molecule has 1 amide bonds. The maximum Gasteiger partial charge on any atom is 0.220 e. The van der Waals surface area contributed by atoms with Crippen LogP contribution in [0.25, 0.3) is 0 Å². The van der Waals surface area contributed by atoms with Gasteiger partial charge < -0.3 is 89.9 Å². The Morgan fingerprint density at radius 1 is 0.308 bits per heavy atom. The first-order valence-electron chi connectivity index (χ1n) is 49.4. The van der Waals surface area contributed by atoms with Crippen LogP contribution in [-0.2, 0) is 33.2 Å². The molecule has 117 heavy (non-hydrogen) atoms. The number of aliphatic hydroxyl groups is 11. The van der Waals surface area contributed by atoms with Gasteiger partial charge in [-0.3, -0.25) is 4.79 Å². The third-order valence-corrected chi connectivity index (χ3v) is 24.6. The summed E-state index contributed by atoms with van der Waals surface area (Å²) in [4.78, 5) is 13.5. The Bertz CT molecular complexity index is 2290. The molecule has 3 fully saturated rings. The highest BCUT2D eigenvalue weighted by Gasteiger charge is 2.54. The van der Waals surface area contributed by atoms with Gasteiger partial charge in [-0.25, -0.2) is 0 Å². The molecule has 0 aromatic carbocycles. The van der Waals surface area contributed by atoms with Gasteiger partial charge in [-0.2, -0.15) is 0 Å². The molecule has 19 heteroatoms. The lowest BCUT2D eigenvalue weighted by atomic mass is 9.96. The highest BCUT2D eigenvalue weighted by atomic mass is 16.8. The zero-order valence-electron chi connectivity index (χ0n) is 74.7. The minimum Gasteiger partial charge on any atom is -0.394 e. The van der Waals surface area contributed by atoms with Gasteiger partial charge >= 0.3 is 0 Å². The summed E-state index contributed by atoms with van der Waals surface area (Å²) in [7, 11) is 0. The Morgan fingerprint density at radius 2 is 0.573 bits per heavy atom. The van der Waals surface area contributed by atoms with Crippen molar-refractivity contribution >= 4 is 5.91 Å². The quantitative estimate of drug-likeness (QED) is 0.0199. The SMILES string of the molecule is CCCCCCC/C=C\C/C=C\CCCCCCCCCCCCCCCCCCCCCCCCCCCCCCCC(=O)NC(COC1OC(CO)C(OC2OC(CO)C(OC3OC(CO)C(O)C(O)C3O)C(O)C2O)C(O)C1O)C(O)/C=C/CC/C=C/CCCCCCCCCCCCCCCCCCCCCCCCCCC. The van der Waals surface area contributed by atoms with Crippen molar-refractivity contribution < 1.29 is 89.4 Å². The molecule has 3 aliphatic heterocycles. The average molecular weight is 1660 g/mol. The van der Waals surface area contributed by atoms with E-state index in [2.05, 4.69) is 55.6 Å². The standard InChI is InChI=1S/C98H183NO18/c1-3-5-7-9-11-13-15-17-19-21-23-25-27-29-31-33-35-36-37-38-39-40-41-42-43-44-46-48-50-52-54-56-58-60-62-64-66-68-70-72-74-76-86(104)99-81(82(103)75-73-71-69-67-65-63-61-59-57-55-53-51-49-47-45-34-32-30-28-26-24-22-20-18-16-14-12-10-8-6-4-2)80-112-96-92(110)89(107)94(84(78-101)114-96)117-98-93(111)90(108)95(85(79-102)115-98)116-97-91(109)88(106)87(105)83(77-100)113-97/h15,17,21,23,65,67,73,75,81-85,87-98,100-103,105-111H,3-14,16,18-20,22,24-64,66,68-72,74,76-80H2,1-2H3,(H,99,104)/b17-15-,23-21-,67-65+,75-73+. The summed E-state index contributed by atoms with van der Waals surface area (Å²) in [6.07, 6.45) is 75.9. The fraction of sp³-hybridized carbons (Fsp3) is 0.908. The summed E-state index contributed by atoms with van der Waals surface area (Å²) in [5.41, 5.74) is 0. The molecule has 688 valence electrons. The first-order chi connectivity index (χ1) is 57.3. The summed E-state index contributed by atoms with van der Waals surface area (Å²) < 4.78 is 34.6. The number of unbranched alkanes of at least 4 members (excludes halogenated alkanes) is 60. The summed E-state index contributed by atoms with van der Waals surface area (Å²) in [5, 5.41) is 121. The van der Waals surface area contributed by atoms with Gasteiger partial charge in [-0.15, -0.1) is 0 Å². The zero-order valence-corrected chi connectivity index (χ0v) is 74.7. The molecule has 3 saturated heterocycles. The van der Waals surface area contributed by atoms with E-state index in [-0.39, 0.29) is 18.9 Å². The Labute approximate surface area is 713 Å². The van der Waals surface area contributed by atoms with Crippen LogP contribution in [0.4, 0.5) is 0 Å². The monoisotopic (exact) mass is 1660 g/mol. The second-order valence-corrected chi connectivity index (χ2v) is 35.2. The van der Waals surface area contributed by atoms with E-state index in [1.54, 1.807) is 6.08 Å². The average Bonchev–Trinajstić information content (AvgIpc) is 0.778. The van der Waals surface area contributed by atoms with E-state index in [1.165, 1.54) is 360 Å². The number of nitrogens with one attached hydrogen (secondary N) is 1. The molecule has 12 N–H and O–H groups in total. The molecule has 0 spiro atoms. The first kappa shape index (κ1) is 109. The predicted octanol–water partition coefficient (Wildman–Crippen LogP) is 20.3. The van der Waals surface area contributed by atoms with Crippen molar-refractivity contribution in [1.82, 2.24) is 5.32 Å². The summed E-state index contributed by atoms with van der Waals surface area (Å²) in [6, 6.07) is -0.992. The van der Waals surface area contributed by atoms with Gasteiger partial charge in [0.15, 0.2) is 18.9 Å². The predicted molar refractivity (Wildman–Crippen MR) is 476 cm³/mol. The maximum absolute atomic E-state index is 13.5. The van der Waals surface area contributed by atoms with Crippen LogP contribution in [0.2, 0.25) is 0 Å². The zero-order chi connectivity index (χ0) is 84.5. The lowest BCUT2D eigenvalue weighted by molar-refractivity contribution is -0.379. The van der Waals surface area contributed by atoms with Crippen molar-refractivity contribution in [2.24, 2.45) is 0 Å². The van der Waals surface area contributed by atoms with Gasteiger partial charge in [0.25, 0.3) is 0 Å². The van der Waals surface area contributed by atoms with Crippen LogP contribution >= 0.6 is 0 Å². The van der Waals surface area contributed by atoms with Crippen molar-refractivity contribution in [3.63, 3.8) is 0 Å². The lowest BCUT2D eigenvalue weighted by Gasteiger charge is -2.48. The van der Waals surface area contributed by atoms with Crippen LogP contribution in [-0.4, -0.2) is 193 Å². The number of allylic oxidation sites excluding steroid dienone is 7. The van der Waals surface area contributed by atoms with Crippen LogP contribution in [0.3, 0.4) is 0 Å². The molecular formula is C98H183NO18. The number of carbonyl (C=O) groups is 1. The van der Waals surface area contributed by atoms with Crippen molar-refractivity contribution in [3.8, 4) is 0 Å². The smallest absolute Gasteiger partial charge is 0.220 e. The molecule has 17 unspecified atom stereocenters. The molecule has 0 bridgehead atoms. The largest absolute Gasteiger partial charge is 0.394 e. The first-order valence-corrected chi connectivity index (χ1v) is 49.4. The molecule has 19 nitrogen and oxygen atoms in total. The minimum atomic E-state index is -1.98. The van der Waals surface area contributed by atoms with Crippen LogP contribution < -0.4 is 5.32 Å². The molecular weight excluding hydrogens is 1480 g/mol. The molecule has 0 radical (unpaired) electrons. The van der Waals surface area contributed by atoms with Gasteiger partial charge in [-0.1, -0.05) is 416 Å². The lowest BCUT2D eigenvalue weighted by Crippen LogP contribution is -2.66. The van der Waals surface area contributed by atoms with Crippen LogP contribution in [0.1, 0.15) is 438 Å². The number of ether oxygens (including phenoxy) is 6.